The zero-order valence-electron chi connectivity index (χ0n) is 13.0. The lowest BCUT2D eigenvalue weighted by Gasteiger charge is -2.16. The molecule has 0 radical (unpaired) electrons. The standard InChI is InChI=1S/C16H27NO3/c1-5-14(17)9-13-7-8-15(16(10-13)19-6-2)20-11-12(3)18-4/h7-8,10,12,14H,5-6,9,11,17H2,1-4H3. The summed E-state index contributed by atoms with van der Waals surface area (Å²) in [4.78, 5) is 0. The predicted octanol–water partition coefficient (Wildman–Crippen LogP) is 2.78. The van der Waals surface area contributed by atoms with Crippen molar-refractivity contribution in [2.75, 3.05) is 20.3 Å². The van der Waals surface area contributed by atoms with Gasteiger partial charge in [-0.2, -0.15) is 0 Å². The summed E-state index contributed by atoms with van der Waals surface area (Å²) in [6.45, 7) is 7.14. The van der Waals surface area contributed by atoms with E-state index in [1.165, 1.54) is 5.56 Å². The Morgan fingerprint density at radius 1 is 1.15 bits per heavy atom. The maximum absolute atomic E-state index is 5.99. The fraction of sp³-hybridized carbons (Fsp3) is 0.625. The first-order valence-corrected chi connectivity index (χ1v) is 7.27. The van der Waals surface area contributed by atoms with Crippen LogP contribution in [0.3, 0.4) is 0 Å². The van der Waals surface area contributed by atoms with Gasteiger partial charge in [0.1, 0.15) is 6.61 Å². The third-order valence-corrected chi connectivity index (χ3v) is 3.21. The maximum atomic E-state index is 5.99. The molecule has 0 bridgehead atoms. The van der Waals surface area contributed by atoms with Gasteiger partial charge in [-0.25, -0.2) is 0 Å². The lowest BCUT2D eigenvalue weighted by atomic mass is 10.0. The molecular weight excluding hydrogens is 254 g/mol. The van der Waals surface area contributed by atoms with Crippen LogP contribution in [0.15, 0.2) is 18.2 Å². The minimum Gasteiger partial charge on any atom is -0.490 e. The Morgan fingerprint density at radius 2 is 1.90 bits per heavy atom. The smallest absolute Gasteiger partial charge is 0.161 e. The van der Waals surface area contributed by atoms with E-state index in [0.717, 1.165) is 24.3 Å². The van der Waals surface area contributed by atoms with E-state index in [1.54, 1.807) is 7.11 Å². The summed E-state index contributed by atoms with van der Waals surface area (Å²) in [5.74, 6) is 1.53. The number of nitrogens with two attached hydrogens (primary N) is 1. The van der Waals surface area contributed by atoms with Gasteiger partial charge in [-0.1, -0.05) is 13.0 Å². The highest BCUT2D eigenvalue weighted by atomic mass is 16.5. The first-order valence-electron chi connectivity index (χ1n) is 7.27. The maximum Gasteiger partial charge on any atom is 0.161 e. The van der Waals surface area contributed by atoms with Gasteiger partial charge in [0.15, 0.2) is 11.5 Å². The number of methoxy groups -OCH3 is 1. The molecule has 0 heterocycles. The molecule has 0 saturated heterocycles. The monoisotopic (exact) mass is 281 g/mol. The summed E-state index contributed by atoms with van der Waals surface area (Å²) in [7, 11) is 1.67. The van der Waals surface area contributed by atoms with Gasteiger partial charge in [0.05, 0.1) is 12.7 Å². The molecule has 0 aromatic heterocycles. The summed E-state index contributed by atoms with van der Waals surface area (Å²) in [6, 6.07) is 6.20. The minimum absolute atomic E-state index is 0.0534. The average molecular weight is 281 g/mol. The quantitative estimate of drug-likeness (QED) is 0.756. The zero-order chi connectivity index (χ0) is 15.0. The van der Waals surface area contributed by atoms with Crippen LogP contribution in [-0.4, -0.2) is 32.5 Å². The van der Waals surface area contributed by atoms with Gasteiger partial charge < -0.3 is 19.9 Å². The van der Waals surface area contributed by atoms with E-state index < -0.39 is 0 Å². The van der Waals surface area contributed by atoms with Crippen LogP contribution >= 0.6 is 0 Å². The molecule has 0 saturated carbocycles. The zero-order valence-corrected chi connectivity index (χ0v) is 13.0. The van der Waals surface area contributed by atoms with Crippen molar-refractivity contribution in [1.82, 2.24) is 0 Å². The van der Waals surface area contributed by atoms with Crippen LogP contribution in [-0.2, 0) is 11.2 Å². The Hall–Kier alpha value is -1.26. The lowest BCUT2D eigenvalue weighted by molar-refractivity contribution is 0.0703. The van der Waals surface area contributed by atoms with Crippen molar-refractivity contribution >= 4 is 0 Å². The summed E-state index contributed by atoms with van der Waals surface area (Å²) < 4.78 is 16.6. The SMILES string of the molecule is CCOc1cc(CC(N)CC)ccc1OCC(C)OC. The van der Waals surface area contributed by atoms with E-state index >= 15 is 0 Å². The van der Waals surface area contributed by atoms with Gasteiger partial charge in [-0.3, -0.25) is 0 Å². The van der Waals surface area contributed by atoms with Crippen molar-refractivity contribution < 1.29 is 14.2 Å². The van der Waals surface area contributed by atoms with E-state index in [9.17, 15) is 0 Å². The van der Waals surface area contributed by atoms with Crippen LogP contribution in [0.5, 0.6) is 11.5 Å². The molecule has 0 amide bonds. The van der Waals surface area contributed by atoms with Crippen molar-refractivity contribution in [3.63, 3.8) is 0 Å². The number of hydrogen-bond acceptors (Lipinski definition) is 4. The fourth-order valence-corrected chi connectivity index (χ4v) is 1.79. The second-order valence-corrected chi connectivity index (χ2v) is 4.94. The van der Waals surface area contributed by atoms with Crippen LogP contribution < -0.4 is 15.2 Å². The highest BCUT2D eigenvalue weighted by Crippen LogP contribution is 2.29. The third-order valence-electron chi connectivity index (χ3n) is 3.21. The number of ether oxygens (including phenoxy) is 3. The summed E-state index contributed by atoms with van der Waals surface area (Å²) in [5.41, 5.74) is 7.17. The number of hydrogen-bond donors (Lipinski definition) is 1. The largest absolute Gasteiger partial charge is 0.490 e. The average Bonchev–Trinajstić information content (AvgIpc) is 2.46. The van der Waals surface area contributed by atoms with Crippen LogP contribution in [0, 0.1) is 0 Å². The molecule has 0 aliphatic rings. The predicted molar refractivity (Wildman–Crippen MR) is 81.5 cm³/mol. The van der Waals surface area contributed by atoms with Crippen molar-refractivity contribution in [3.05, 3.63) is 23.8 Å². The number of benzene rings is 1. The molecule has 1 aromatic rings. The van der Waals surface area contributed by atoms with Crippen molar-refractivity contribution in [2.45, 2.75) is 45.8 Å². The highest BCUT2D eigenvalue weighted by molar-refractivity contribution is 5.43. The lowest BCUT2D eigenvalue weighted by Crippen LogP contribution is -2.21. The first kappa shape index (κ1) is 16.8. The molecule has 114 valence electrons. The molecule has 20 heavy (non-hydrogen) atoms. The van der Waals surface area contributed by atoms with Crippen LogP contribution in [0.4, 0.5) is 0 Å². The van der Waals surface area contributed by atoms with Gasteiger partial charge >= 0.3 is 0 Å². The van der Waals surface area contributed by atoms with E-state index in [4.69, 9.17) is 19.9 Å². The molecule has 2 N–H and O–H groups in total. The summed E-state index contributed by atoms with van der Waals surface area (Å²) >= 11 is 0. The van der Waals surface area contributed by atoms with Gasteiger partial charge in [0.25, 0.3) is 0 Å². The van der Waals surface area contributed by atoms with E-state index in [-0.39, 0.29) is 12.1 Å². The van der Waals surface area contributed by atoms with Crippen LogP contribution in [0.1, 0.15) is 32.8 Å². The second kappa shape index (κ2) is 8.82. The second-order valence-electron chi connectivity index (χ2n) is 4.94. The molecule has 0 aliphatic carbocycles. The Morgan fingerprint density at radius 3 is 2.50 bits per heavy atom. The van der Waals surface area contributed by atoms with Crippen molar-refractivity contribution in [1.29, 1.82) is 0 Å². The van der Waals surface area contributed by atoms with Gasteiger partial charge in [-0.15, -0.1) is 0 Å². The first-order chi connectivity index (χ1) is 9.60. The third kappa shape index (κ3) is 5.39. The molecule has 1 aromatic carbocycles. The Labute approximate surface area is 122 Å². The Bertz CT molecular complexity index is 395. The van der Waals surface area contributed by atoms with Crippen LogP contribution in [0.25, 0.3) is 0 Å². The van der Waals surface area contributed by atoms with Crippen molar-refractivity contribution in [3.8, 4) is 11.5 Å². The van der Waals surface area contributed by atoms with E-state index in [1.807, 2.05) is 32.0 Å². The van der Waals surface area contributed by atoms with Gasteiger partial charge in [0.2, 0.25) is 0 Å². The molecule has 4 heteroatoms. The minimum atomic E-state index is 0.0534. The number of rotatable bonds is 9. The van der Waals surface area contributed by atoms with Crippen molar-refractivity contribution in [2.24, 2.45) is 5.73 Å². The Kier molecular flexibility index (Phi) is 7.41. The van der Waals surface area contributed by atoms with Crippen LogP contribution in [0.2, 0.25) is 0 Å². The molecular formula is C16H27NO3. The molecule has 0 fully saturated rings. The molecule has 0 aliphatic heterocycles. The molecule has 4 nitrogen and oxygen atoms in total. The molecule has 2 unspecified atom stereocenters. The van der Waals surface area contributed by atoms with Gasteiger partial charge in [0, 0.05) is 13.2 Å². The highest BCUT2D eigenvalue weighted by Gasteiger charge is 2.10. The Balaban J connectivity index is 2.78. The molecule has 0 spiro atoms. The van der Waals surface area contributed by atoms with E-state index in [2.05, 4.69) is 6.92 Å². The summed E-state index contributed by atoms with van der Waals surface area (Å²) in [6.07, 6.45) is 1.87. The van der Waals surface area contributed by atoms with E-state index in [0.29, 0.717) is 13.2 Å². The summed E-state index contributed by atoms with van der Waals surface area (Å²) in [5, 5.41) is 0. The fourth-order valence-electron chi connectivity index (χ4n) is 1.79. The van der Waals surface area contributed by atoms with Gasteiger partial charge in [-0.05, 0) is 44.4 Å². The topological polar surface area (TPSA) is 53.7 Å². The molecule has 2 atom stereocenters. The molecule has 1 rings (SSSR count). The normalized spacial score (nSPS) is 13.8.